The smallest absolute Gasteiger partial charge is 0.166 e. The van der Waals surface area contributed by atoms with Crippen molar-refractivity contribution >= 4 is 43.7 Å². The Morgan fingerprint density at radius 3 is 1.68 bits per heavy atom. The molecule has 0 spiro atoms. The van der Waals surface area contributed by atoms with Crippen molar-refractivity contribution < 1.29 is 15.4 Å². The lowest BCUT2D eigenvalue weighted by Crippen LogP contribution is -2.04. The summed E-state index contributed by atoms with van der Waals surface area (Å²) in [6.07, 6.45) is 0. The quantitative estimate of drug-likeness (QED) is 0.171. The molecule has 3 aromatic heterocycles. The third kappa shape index (κ3) is 5.29. The Hall–Kier alpha value is -7.63. The number of fused-ring (bicyclic) bond motifs is 6. The third-order valence-corrected chi connectivity index (χ3v) is 10.1. The number of furan rings is 1. The number of para-hydroxylation sites is 3. The molecule has 0 atom stereocenters. The summed E-state index contributed by atoms with van der Waals surface area (Å²) in [6, 6.07) is 42.8. The molecule has 0 aliphatic rings. The Labute approximate surface area is 334 Å². The highest BCUT2D eigenvalue weighted by Gasteiger charge is 2.21. The van der Waals surface area contributed by atoms with Crippen molar-refractivity contribution in [1.82, 2.24) is 19.5 Å². The summed E-state index contributed by atoms with van der Waals surface area (Å²) >= 11 is 0. The summed E-state index contributed by atoms with van der Waals surface area (Å²) < 4.78 is 79.8. The van der Waals surface area contributed by atoms with Gasteiger partial charge < -0.3 is 8.98 Å². The number of aromatic nitrogens is 4. The van der Waals surface area contributed by atoms with Crippen LogP contribution >= 0.6 is 0 Å². The maximum absolute atomic E-state index is 9.36. The van der Waals surface area contributed by atoms with Gasteiger partial charge in [-0.1, -0.05) is 152 Å². The zero-order valence-electron chi connectivity index (χ0n) is 37.6. The van der Waals surface area contributed by atoms with Crippen molar-refractivity contribution in [2.45, 2.75) is 0 Å². The standard InChI is InChI=1S/C51H32N4O/c1-3-15-33(16-4-1)37-19-7-8-20-38(37)35-27-30-43(46(31-35)55-44-24-12-9-21-39(44)40-22-10-13-25-45(40)55)51-53-49(34-17-5-2-6-18-34)52-50(54-51)36-28-29-42-41-23-11-14-26-47(41)56-48(42)32-36/h1-32H/i9D,10D,12D,13D,21D,22D,24D,25D. The summed E-state index contributed by atoms with van der Waals surface area (Å²) in [7, 11) is 0. The highest BCUT2D eigenvalue weighted by atomic mass is 16.3. The SMILES string of the molecule is [2H]c1c([2H])c([2H])c2c(c1[2H])c1c([2H])c([2H])c([2H])c([2H])c1n2-c1cc(-c2ccccc2-c2ccccc2)ccc1-c1nc(-c2ccccc2)nc(-c2ccc3c(c2)oc2ccccc23)n1. The zero-order chi connectivity index (χ0) is 44.0. The Kier molecular flexibility index (Phi) is 5.74. The van der Waals surface area contributed by atoms with Gasteiger partial charge in [-0.05, 0) is 64.7 Å². The summed E-state index contributed by atoms with van der Waals surface area (Å²) in [4.78, 5) is 15.2. The average Bonchev–Trinajstić information content (AvgIpc) is 3.90. The van der Waals surface area contributed by atoms with E-state index in [1.165, 1.54) is 4.57 Å². The van der Waals surface area contributed by atoms with Crippen molar-refractivity contribution in [3.05, 3.63) is 194 Å². The van der Waals surface area contributed by atoms with Crippen LogP contribution in [-0.2, 0) is 0 Å². The lowest BCUT2D eigenvalue weighted by atomic mass is 9.93. The molecule has 5 nitrogen and oxygen atoms in total. The lowest BCUT2D eigenvalue weighted by Gasteiger charge is -2.17. The number of hydrogen-bond acceptors (Lipinski definition) is 4. The number of nitrogens with zero attached hydrogens (tertiary/aromatic N) is 4. The minimum atomic E-state index is -0.522. The molecule has 56 heavy (non-hydrogen) atoms. The third-order valence-electron chi connectivity index (χ3n) is 10.1. The van der Waals surface area contributed by atoms with Gasteiger partial charge in [0.1, 0.15) is 11.2 Å². The van der Waals surface area contributed by atoms with Gasteiger partial charge in [0, 0.05) is 38.2 Å². The van der Waals surface area contributed by atoms with Gasteiger partial charge >= 0.3 is 0 Å². The van der Waals surface area contributed by atoms with Gasteiger partial charge in [-0.2, -0.15) is 0 Å². The largest absolute Gasteiger partial charge is 0.456 e. The van der Waals surface area contributed by atoms with Gasteiger partial charge in [0.25, 0.3) is 0 Å². The number of benzene rings is 8. The maximum Gasteiger partial charge on any atom is 0.166 e. The highest BCUT2D eigenvalue weighted by Crippen LogP contribution is 2.40. The molecular formula is C51H32N4O. The number of rotatable bonds is 6. The molecule has 0 amide bonds. The van der Waals surface area contributed by atoms with Gasteiger partial charge in [0.05, 0.1) is 27.7 Å². The van der Waals surface area contributed by atoms with Crippen LogP contribution in [0.4, 0.5) is 0 Å². The molecule has 0 bridgehead atoms. The molecule has 8 aromatic carbocycles. The van der Waals surface area contributed by atoms with E-state index in [1.54, 1.807) is 0 Å². The minimum Gasteiger partial charge on any atom is -0.456 e. The van der Waals surface area contributed by atoms with Crippen LogP contribution in [0.1, 0.15) is 11.0 Å². The van der Waals surface area contributed by atoms with Crippen molar-refractivity contribution in [3.63, 3.8) is 0 Å². The topological polar surface area (TPSA) is 56.7 Å². The molecular weight excluding hydrogens is 685 g/mol. The molecule has 0 fully saturated rings. The van der Waals surface area contributed by atoms with Crippen LogP contribution in [0.3, 0.4) is 0 Å². The van der Waals surface area contributed by atoms with E-state index in [4.69, 9.17) is 27.6 Å². The Balaban J connectivity index is 1.27. The van der Waals surface area contributed by atoms with Gasteiger partial charge in [-0.15, -0.1) is 0 Å². The van der Waals surface area contributed by atoms with E-state index in [-0.39, 0.29) is 27.6 Å². The molecule has 0 saturated carbocycles. The van der Waals surface area contributed by atoms with Gasteiger partial charge in [0.15, 0.2) is 17.5 Å². The van der Waals surface area contributed by atoms with E-state index in [1.807, 2.05) is 146 Å². The fourth-order valence-electron chi connectivity index (χ4n) is 7.55. The second-order valence-electron chi connectivity index (χ2n) is 13.4. The molecule has 3 heterocycles. The second-order valence-corrected chi connectivity index (χ2v) is 13.4. The fraction of sp³-hybridized carbons (Fsp3) is 0. The van der Waals surface area contributed by atoms with Crippen LogP contribution in [0.2, 0.25) is 0 Å². The maximum atomic E-state index is 9.36. The van der Waals surface area contributed by atoms with Crippen LogP contribution in [-0.4, -0.2) is 19.5 Å². The van der Waals surface area contributed by atoms with E-state index in [9.17, 15) is 2.74 Å². The summed E-state index contributed by atoms with van der Waals surface area (Å²) in [6.45, 7) is 0. The van der Waals surface area contributed by atoms with Crippen molar-refractivity contribution in [2.24, 2.45) is 0 Å². The van der Waals surface area contributed by atoms with Crippen molar-refractivity contribution in [3.8, 4) is 62.1 Å². The second kappa shape index (κ2) is 13.0. The first-order valence-electron chi connectivity index (χ1n) is 22.1. The molecule has 0 N–H and O–H groups in total. The monoisotopic (exact) mass is 724 g/mol. The summed E-state index contributed by atoms with van der Waals surface area (Å²) in [5, 5.41) is 1.85. The summed E-state index contributed by atoms with van der Waals surface area (Å²) in [5.74, 6) is 0.908. The van der Waals surface area contributed by atoms with Gasteiger partial charge in [-0.25, -0.2) is 15.0 Å². The summed E-state index contributed by atoms with van der Waals surface area (Å²) in [5.41, 5.74) is 6.94. The molecule has 11 rings (SSSR count). The predicted molar refractivity (Wildman–Crippen MR) is 229 cm³/mol. The van der Waals surface area contributed by atoms with Crippen LogP contribution in [0.15, 0.2) is 198 Å². The molecule has 5 heteroatoms. The first-order chi connectivity index (χ1) is 31.1. The molecule has 0 aliphatic carbocycles. The predicted octanol–water partition coefficient (Wildman–Crippen LogP) is 13.2. The van der Waals surface area contributed by atoms with E-state index in [0.717, 1.165) is 38.6 Å². The molecule has 0 saturated heterocycles. The first-order valence-corrected chi connectivity index (χ1v) is 18.1. The minimum absolute atomic E-state index is 0.0179. The molecule has 0 unspecified atom stereocenters. The van der Waals surface area contributed by atoms with E-state index in [2.05, 4.69) is 0 Å². The van der Waals surface area contributed by atoms with Crippen LogP contribution in [0.5, 0.6) is 0 Å². The molecule has 0 radical (unpaired) electrons. The normalized spacial score (nSPS) is 13.6. The molecule has 11 aromatic rings. The number of hydrogen-bond donors (Lipinski definition) is 0. The van der Waals surface area contributed by atoms with Gasteiger partial charge in [0.2, 0.25) is 0 Å². The van der Waals surface area contributed by atoms with Crippen LogP contribution < -0.4 is 0 Å². The Morgan fingerprint density at radius 1 is 0.393 bits per heavy atom. The Bertz CT molecular complexity index is 3640. The molecule has 0 aliphatic heterocycles. The van der Waals surface area contributed by atoms with E-state index < -0.39 is 48.3 Å². The van der Waals surface area contributed by atoms with Crippen LogP contribution in [0, 0.1) is 0 Å². The molecule has 262 valence electrons. The van der Waals surface area contributed by atoms with Crippen LogP contribution in [0.25, 0.3) is 106 Å². The lowest BCUT2D eigenvalue weighted by molar-refractivity contribution is 0.669. The average molecular weight is 725 g/mol. The van der Waals surface area contributed by atoms with E-state index in [0.29, 0.717) is 39.6 Å². The first kappa shape index (κ1) is 24.6. The van der Waals surface area contributed by atoms with E-state index >= 15 is 0 Å². The highest BCUT2D eigenvalue weighted by molar-refractivity contribution is 6.10. The fourth-order valence-corrected chi connectivity index (χ4v) is 7.55. The van der Waals surface area contributed by atoms with Crippen molar-refractivity contribution in [1.29, 1.82) is 0 Å². The zero-order valence-corrected chi connectivity index (χ0v) is 29.6. The van der Waals surface area contributed by atoms with Crippen molar-refractivity contribution in [2.75, 3.05) is 0 Å². The van der Waals surface area contributed by atoms with Gasteiger partial charge in [-0.3, -0.25) is 0 Å². The Morgan fingerprint density at radius 2 is 0.946 bits per heavy atom.